The monoisotopic (exact) mass is 456 g/mol. The first kappa shape index (κ1) is 25.4. The first-order valence-electron chi connectivity index (χ1n) is 12.4. The quantitative estimate of drug-likeness (QED) is 0.379. The van der Waals surface area contributed by atoms with Gasteiger partial charge in [-0.3, -0.25) is 4.79 Å². The van der Waals surface area contributed by atoms with Crippen LogP contribution in [0.5, 0.6) is 5.75 Å². The fourth-order valence-electron chi connectivity index (χ4n) is 4.95. The average Bonchev–Trinajstić information content (AvgIpc) is 2.77. The Morgan fingerprint density at radius 1 is 1.21 bits per heavy atom. The highest BCUT2D eigenvalue weighted by molar-refractivity contribution is 5.75. The summed E-state index contributed by atoms with van der Waals surface area (Å²) in [6, 6.07) is 5.53. The highest BCUT2D eigenvalue weighted by Gasteiger charge is 2.35. The Balaban J connectivity index is 1.53. The summed E-state index contributed by atoms with van der Waals surface area (Å²) < 4.78 is 11.6. The Morgan fingerprint density at radius 2 is 2.00 bits per heavy atom. The summed E-state index contributed by atoms with van der Waals surface area (Å²) in [5, 5.41) is 0. The van der Waals surface area contributed by atoms with Crippen molar-refractivity contribution in [2.45, 2.75) is 91.3 Å². The average molecular weight is 457 g/mol. The van der Waals surface area contributed by atoms with Crippen LogP contribution < -0.4 is 10.3 Å². The zero-order valence-electron chi connectivity index (χ0n) is 20.9. The van der Waals surface area contributed by atoms with E-state index < -0.39 is 0 Å². The topological polar surface area (TPSA) is 81.3 Å². The molecule has 6 nitrogen and oxygen atoms in total. The van der Waals surface area contributed by atoms with Gasteiger partial charge in [0, 0.05) is 6.07 Å². The van der Waals surface area contributed by atoms with Crippen molar-refractivity contribution >= 4 is 17.3 Å². The van der Waals surface area contributed by atoms with Crippen molar-refractivity contribution < 1.29 is 14.3 Å². The van der Waals surface area contributed by atoms with E-state index in [0.29, 0.717) is 35.2 Å². The van der Waals surface area contributed by atoms with Crippen LogP contribution in [0, 0.1) is 17.3 Å². The number of hydrogen-bond donors (Lipinski definition) is 1. The summed E-state index contributed by atoms with van der Waals surface area (Å²) in [5.74, 6) is 1.80. The SMILES string of the molecule is COc1ccc2nc(CCCCCC3[C@@H](C)CCC[C@H]3O[C@H](C=O)C(C)(C)C)c(=O)[nH]c2c1. The van der Waals surface area contributed by atoms with Crippen LogP contribution in [-0.4, -0.2) is 35.6 Å². The molecule has 1 N–H and O–H groups in total. The van der Waals surface area contributed by atoms with E-state index in [-0.39, 0.29) is 23.2 Å². The molecule has 1 heterocycles. The van der Waals surface area contributed by atoms with E-state index >= 15 is 0 Å². The van der Waals surface area contributed by atoms with Gasteiger partial charge in [-0.1, -0.05) is 53.4 Å². The van der Waals surface area contributed by atoms with Crippen LogP contribution in [0.4, 0.5) is 0 Å². The van der Waals surface area contributed by atoms with Crippen molar-refractivity contribution in [3.8, 4) is 5.75 Å². The number of aromatic amines is 1. The molecular formula is C27H40N2O4. The minimum atomic E-state index is -0.360. The maximum atomic E-state index is 12.4. The highest BCUT2D eigenvalue weighted by atomic mass is 16.5. The number of H-pyrrole nitrogens is 1. The molecule has 0 spiro atoms. The predicted molar refractivity (Wildman–Crippen MR) is 132 cm³/mol. The van der Waals surface area contributed by atoms with Crippen LogP contribution in [0.25, 0.3) is 11.0 Å². The van der Waals surface area contributed by atoms with Crippen molar-refractivity contribution in [2.24, 2.45) is 17.3 Å². The lowest BCUT2D eigenvalue weighted by atomic mass is 9.75. The minimum absolute atomic E-state index is 0.118. The van der Waals surface area contributed by atoms with E-state index in [9.17, 15) is 9.59 Å². The molecular weight excluding hydrogens is 416 g/mol. The van der Waals surface area contributed by atoms with Crippen molar-refractivity contribution in [1.29, 1.82) is 0 Å². The van der Waals surface area contributed by atoms with Crippen LogP contribution in [0.1, 0.15) is 78.3 Å². The third-order valence-corrected chi connectivity index (χ3v) is 7.08. The minimum Gasteiger partial charge on any atom is -0.497 e. The second-order valence-corrected chi connectivity index (χ2v) is 10.7. The van der Waals surface area contributed by atoms with Gasteiger partial charge in [0.05, 0.1) is 24.2 Å². The fraction of sp³-hybridized carbons (Fsp3) is 0.667. The number of hydrogen-bond acceptors (Lipinski definition) is 5. The van der Waals surface area contributed by atoms with Gasteiger partial charge in [0.25, 0.3) is 5.56 Å². The molecule has 0 aliphatic heterocycles. The lowest BCUT2D eigenvalue weighted by Gasteiger charge is -2.40. The van der Waals surface area contributed by atoms with Crippen LogP contribution in [-0.2, 0) is 16.0 Å². The number of nitrogens with one attached hydrogen (secondary N) is 1. The molecule has 2 aromatic rings. The Morgan fingerprint density at radius 3 is 2.70 bits per heavy atom. The molecule has 1 unspecified atom stereocenters. The highest BCUT2D eigenvalue weighted by Crippen LogP contribution is 2.37. The number of unbranched alkanes of at least 4 members (excludes halogenated alkanes) is 2. The normalized spacial score (nSPS) is 22.3. The van der Waals surface area contributed by atoms with Gasteiger partial charge in [-0.2, -0.15) is 0 Å². The Kier molecular flexibility index (Phi) is 8.69. The molecule has 0 saturated heterocycles. The molecule has 6 heteroatoms. The number of carbonyl (C=O) groups is 1. The molecule has 3 rings (SSSR count). The first-order chi connectivity index (χ1) is 15.7. The summed E-state index contributed by atoms with van der Waals surface area (Å²) in [7, 11) is 1.61. The molecule has 0 amide bonds. The number of methoxy groups -OCH3 is 1. The second kappa shape index (κ2) is 11.3. The van der Waals surface area contributed by atoms with Gasteiger partial charge in [-0.25, -0.2) is 4.98 Å². The van der Waals surface area contributed by atoms with Gasteiger partial charge in [-0.15, -0.1) is 0 Å². The van der Waals surface area contributed by atoms with Gasteiger partial charge in [0.15, 0.2) is 0 Å². The van der Waals surface area contributed by atoms with Gasteiger partial charge < -0.3 is 19.3 Å². The van der Waals surface area contributed by atoms with Gasteiger partial charge in [0.1, 0.15) is 23.8 Å². The van der Waals surface area contributed by atoms with Gasteiger partial charge >= 0.3 is 0 Å². The van der Waals surface area contributed by atoms with Crippen molar-refractivity contribution in [1.82, 2.24) is 9.97 Å². The standard InChI is InChI=1S/C27H40N2O4/c1-18-10-9-13-24(33-25(17-30)27(2,3)4)20(18)11-7-6-8-12-22-26(31)29-23-16-19(32-5)14-15-21(23)28-22/h14-18,20,24-25H,6-13H2,1-5H3,(H,29,31)/t18-,20?,24+,25+/m0/s1. The lowest BCUT2D eigenvalue weighted by Crippen LogP contribution is -2.41. The van der Waals surface area contributed by atoms with E-state index in [1.165, 1.54) is 12.8 Å². The van der Waals surface area contributed by atoms with Crippen molar-refractivity contribution in [2.75, 3.05) is 7.11 Å². The predicted octanol–water partition coefficient (Wildman–Crippen LogP) is 5.47. The number of aldehydes is 1. The van der Waals surface area contributed by atoms with Gasteiger partial charge in [0.2, 0.25) is 0 Å². The molecule has 0 bridgehead atoms. The maximum Gasteiger partial charge on any atom is 0.270 e. The molecule has 1 saturated carbocycles. The number of aryl methyl sites for hydroxylation is 1. The number of benzene rings is 1. The molecule has 1 aromatic carbocycles. The van der Waals surface area contributed by atoms with E-state index in [2.05, 4.69) is 37.7 Å². The summed E-state index contributed by atoms with van der Waals surface area (Å²) in [4.78, 5) is 31.6. The smallest absolute Gasteiger partial charge is 0.270 e. The molecule has 1 aromatic heterocycles. The molecule has 1 aliphatic carbocycles. The van der Waals surface area contributed by atoms with Crippen LogP contribution in [0.3, 0.4) is 0 Å². The number of ether oxygens (including phenoxy) is 2. The Hall–Kier alpha value is -2.21. The largest absolute Gasteiger partial charge is 0.497 e. The van der Waals surface area contributed by atoms with E-state index in [1.807, 2.05) is 12.1 Å². The number of aromatic nitrogens is 2. The van der Waals surface area contributed by atoms with Crippen molar-refractivity contribution in [3.63, 3.8) is 0 Å². The number of rotatable bonds is 10. The van der Waals surface area contributed by atoms with Crippen LogP contribution in [0.15, 0.2) is 23.0 Å². The summed E-state index contributed by atoms with van der Waals surface area (Å²) in [5.41, 5.74) is 1.78. The van der Waals surface area contributed by atoms with E-state index in [0.717, 1.165) is 43.9 Å². The molecule has 4 atom stereocenters. The molecule has 33 heavy (non-hydrogen) atoms. The van der Waals surface area contributed by atoms with Gasteiger partial charge in [-0.05, 0) is 55.1 Å². The van der Waals surface area contributed by atoms with E-state index in [4.69, 9.17) is 9.47 Å². The zero-order chi connectivity index (χ0) is 24.0. The molecule has 182 valence electrons. The Bertz CT molecular complexity index is 978. The summed E-state index contributed by atoms with van der Waals surface area (Å²) in [6.07, 6.45) is 9.06. The third kappa shape index (κ3) is 6.66. The summed E-state index contributed by atoms with van der Waals surface area (Å²) >= 11 is 0. The maximum absolute atomic E-state index is 12.4. The van der Waals surface area contributed by atoms with Crippen LogP contribution >= 0.6 is 0 Å². The zero-order valence-corrected chi connectivity index (χ0v) is 20.9. The molecule has 0 radical (unpaired) electrons. The summed E-state index contributed by atoms with van der Waals surface area (Å²) in [6.45, 7) is 8.51. The number of carbonyl (C=O) groups excluding carboxylic acids is 1. The first-order valence-corrected chi connectivity index (χ1v) is 12.4. The number of fused-ring (bicyclic) bond motifs is 1. The second-order valence-electron chi connectivity index (χ2n) is 10.7. The number of nitrogens with zero attached hydrogens (tertiary/aromatic N) is 1. The fourth-order valence-corrected chi connectivity index (χ4v) is 4.95. The molecule has 1 aliphatic rings. The van der Waals surface area contributed by atoms with Crippen molar-refractivity contribution in [3.05, 3.63) is 34.2 Å². The third-order valence-electron chi connectivity index (χ3n) is 7.08. The Labute approximate surface area is 197 Å². The van der Waals surface area contributed by atoms with Crippen LogP contribution in [0.2, 0.25) is 0 Å². The van der Waals surface area contributed by atoms with E-state index in [1.54, 1.807) is 13.2 Å². The lowest BCUT2D eigenvalue weighted by molar-refractivity contribution is -0.141. The molecule has 1 fully saturated rings.